The fraction of sp³-hybridized carbons (Fsp3) is 0.333. The molecule has 1 fully saturated rings. The number of likely N-dealkylation sites (tertiary alicyclic amines) is 1. The maximum absolute atomic E-state index is 14.9. The lowest BCUT2D eigenvalue weighted by Crippen LogP contribution is -2.37. The molecule has 3 N–H and O–H groups in total. The van der Waals surface area contributed by atoms with Gasteiger partial charge in [-0.25, -0.2) is 27.6 Å². The molecule has 2 aromatic carbocycles. The first-order chi connectivity index (χ1) is 14.8. The fourth-order valence-electron chi connectivity index (χ4n) is 3.76. The summed E-state index contributed by atoms with van der Waals surface area (Å²) in [7, 11) is -4.02. The number of β-amino-alcohol motifs (C(OH)–C–C–N with tert-alkyl or cyclic N) is 1. The summed E-state index contributed by atoms with van der Waals surface area (Å²) in [5, 5.41) is 19.5. The van der Waals surface area contributed by atoms with Gasteiger partial charge in [-0.15, -0.1) is 5.10 Å². The van der Waals surface area contributed by atoms with E-state index in [1.165, 1.54) is 16.8 Å². The molecule has 0 spiro atoms. The van der Waals surface area contributed by atoms with Crippen LogP contribution in [0.15, 0.2) is 53.4 Å². The van der Waals surface area contributed by atoms with E-state index < -0.39 is 15.8 Å². The van der Waals surface area contributed by atoms with Crippen molar-refractivity contribution in [3.8, 4) is 5.69 Å². The Hall–Kier alpha value is -2.66. The van der Waals surface area contributed by atoms with Gasteiger partial charge in [0.25, 0.3) is 0 Å². The predicted octanol–water partition coefficient (Wildman–Crippen LogP) is 1.60. The van der Waals surface area contributed by atoms with Gasteiger partial charge >= 0.3 is 0 Å². The van der Waals surface area contributed by atoms with Crippen molar-refractivity contribution in [2.75, 3.05) is 13.1 Å². The lowest BCUT2D eigenvalue weighted by molar-refractivity contribution is 0.0655. The van der Waals surface area contributed by atoms with Crippen LogP contribution in [0.4, 0.5) is 4.39 Å². The van der Waals surface area contributed by atoms with Gasteiger partial charge in [-0.05, 0) is 43.1 Å². The van der Waals surface area contributed by atoms with Crippen LogP contribution in [-0.2, 0) is 23.0 Å². The molecule has 2 heterocycles. The van der Waals surface area contributed by atoms with Crippen molar-refractivity contribution in [3.63, 3.8) is 0 Å². The summed E-state index contributed by atoms with van der Waals surface area (Å²) in [6, 6.07) is 13.1. The molecule has 1 aliphatic heterocycles. The molecule has 164 valence electrons. The van der Waals surface area contributed by atoms with Crippen molar-refractivity contribution in [1.29, 1.82) is 0 Å². The van der Waals surface area contributed by atoms with Gasteiger partial charge in [0.15, 0.2) is 5.82 Å². The van der Waals surface area contributed by atoms with Crippen molar-refractivity contribution in [3.05, 3.63) is 71.6 Å². The number of nitrogens with two attached hydrogens (primary N) is 1. The number of halogens is 1. The van der Waals surface area contributed by atoms with Crippen molar-refractivity contribution in [2.24, 2.45) is 5.14 Å². The van der Waals surface area contributed by atoms with Crippen molar-refractivity contribution in [1.82, 2.24) is 19.7 Å². The van der Waals surface area contributed by atoms with E-state index in [4.69, 9.17) is 5.14 Å². The van der Waals surface area contributed by atoms with Gasteiger partial charge in [0.2, 0.25) is 10.0 Å². The maximum Gasteiger partial charge on any atom is 0.238 e. The summed E-state index contributed by atoms with van der Waals surface area (Å²) in [6.07, 6.45) is 1.72. The SMILES string of the molecule is NS(=O)(=O)c1ccc(-n2nc(CN3CCC[C@@H](O)C3)nc2Cc2ccccc2)c(F)c1. The number of aliphatic hydroxyl groups excluding tert-OH is 1. The minimum Gasteiger partial charge on any atom is -0.392 e. The number of benzene rings is 2. The van der Waals surface area contributed by atoms with Gasteiger partial charge < -0.3 is 5.11 Å². The number of hydrogen-bond acceptors (Lipinski definition) is 6. The topological polar surface area (TPSA) is 114 Å². The molecule has 10 heteroatoms. The summed E-state index contributed by atoms with van der Waals surface area (Å²) in [4.78, 5) is 6.40. The molecule has 4 rings (SSSR count). The molecule has 0 saturated carbocycles. The summed E-state index contributed by atoms with van der Waals surface area (Å²) in [6.45, 7) is 1.81. The second kappa shape index (κ2) is 8.83. The third-order valence-corrected chi connectivity index (χ3v) is 6.16. The number of aromatic nitrogens is 3. The Labute approximate surface area is 180 Å². The molecule has 3 aromatic rings. The van der Waals surface area contributed by atoms with Gasteiger partial charge in [0.05, 0.1) is 17.5 Å². The molecule has 8 nitrogen and oxygen atoms in total. The van der Waals surface area contributed by atoms with Crippen LogP contribution < -0.4 is 5.14 Å². The molecule has 1 aromatic heterocycles. The van der Waals surface area contributed by atoms with Crippen LogP contribution in [0.1, 0.15) is 30.1 Å². The van der Waals surface area contributed by atoms with Crippen molar-refractivity contribution < 1.29 is 17.9 Å². The van der Waals surface area contributed by atoms with Crippen LogP contribution in [0.5, 0.6) is 0 Å². The minimum absolute atomic E-state index is 0.0933. The molecule has 0 aliphatic carbocycles. The Morgan fingerprint density at radius 1 is 1.19 bits per heavy atom. The zero-order valence-electron chi connectivity index (χ0n) is 16.9. The van der Waals surface area contributed by atoms with E-state index in [1.807, 2.05) is 30.3 Å². The van der Waals surface area contributed by atoms with Crippen LogP contribution in [0.25, 0.3) is 5.69 Å². The number of nitrogens with zero attached hydrogens (tertiary/aromatic N) is 4. The molecule has 0 amide bonds. The van der Waals surface area contributed by atoms with Crippen molar-refractivity contribution in [2.45, 2.75) is 36.8 Å². The number of rotatable bonds is 6. The van der Waals surface area contributed by atoms with E-state index in [0.29, 0.717) is 31.2 Å². The highest BCUT2D eigenvalue weighted by Gasteiger charge is 2.22. The Bertz CT molecular complexity index is 1170. The zero-order chi connectivity index (χ0) is 22.0. The quantitative estimate of drug-likeness (QED) is 0.596. The van der Waals surface area contributed by atoms with E-state index in [0.717, 1.165) is 31.0 Å². The summed E-state index contributed by atoms with van der Waals surface area (Å²) in [5.41, 5.74) is 1.08. The highest BCUT2D eigenvalue weighted by Crippen LogP contribution is 2.21. The third kappa shape index (κ3) is 5.16. The van der Waals surface area contributed by atoms with Gasteiger partial charge in [-0.1, -0.05) is 30.3 Å². The molecule has 0 bridgehead atoms. The average molecular weight is 446 g/mol. The molecular weight excluding hydrogens is 421 g/mol. The van der Waals surface area contributed by atoms with E-state index in [1.54, 1.807) is 0 Å². The van der Waals surface area contributed by atoms with Gasteiger partial charge in [-0.2, -0.15) is 0 Å². The molecule has 0 unspecified atom stereocenters. The normalized spacial score (nSPS) is 17.7. The van der Waals surface area contributed by atoms with E-state index in [2.05, 4.69) is 15.0 Å². The second-order valence-corrected chi connectivity index (χ2v) is 9.27. The van der Waals surface area contributed by atoms with Crippen LogP contribution in [0.3, 0.4) is 0 Å². The summed E-state index contributed by atoms with van der Waals surface area (Å²) < 4.78 is 39.3. The first kappa shape index (κ1) is 21.6. The average Bonchev–Trinajstić information content (AvgIpc) is 3.09. The lowest BCUT2D eigenvalue weighted by atomic mass is 10.1. The number of sulfonamides is 1. The maximum atomic E-state index is 14.9. The molecule has 0 radical (unpaired) electrons. The largest absolute Gasteiger partial charge is 0.392 e. The number of primary sulfonamides is 1. The highest BCUT2D eigenvalue weighted by atomic mass is 32.2. The van der Waals surface area contributed by atoms with Gasteiger partial charge in [-0.3, -0.25) is 4.90 Å². The van der Waals surface area contributed by atoms with Crippen LogP contribution >= 0.6 is 0 Å². The summed E-state index contributed by atoms with van der Waals surface area (Å²) >= 11 is 0. The summed E-state index contributed by atoms with van der Waals surface area (Å²) in [5.74, 6) is 0.279. The number of piperidine rings is 1. The van der Waals surface area contributed by atoms with Crippen LogP contribution in [-0.4, -0.2) is 52.4 Å². The molecule has 1 aliphatic rings. The molecule has 1 saturated heterocycles. The second-order valence-electron chi connectivity index (χ2n) is 7.71. The van der Waals surface area contributed by atoms with E-state index >= 15 is 0 Å². The fourth-order valence-corrected chi connectivity index (χ4v) is 4.28. The Kier molecular flexibility index (Phi) is 6.15. The lowest BCUT2D eigenvalue weighted by Gasteiger charge is -2.28. The third-order valence-electron chi connectivity index (χ3n) is 5.24. The van der Waals surface area contributed by atoms with Crippen molar-refractivity contribution >= 4 is 10.0 Å². The number of hydrogen-bond donors (Lipinski definition) is 2. The zero-order valence-corrected chi connectivity index (χ0v) is 17.7. The van der Waals surface area contributed by atoms with Crippen LogP contribution in [0, 0.1) is 5.82 Å². The standard InChI is InChI=1S/C21H24FN5O3S/c22-18-12-17(31(23,29)30)8-9-19(18)27-21(11-15-5-2-1-3-6-15)24-20(25-27)14-26-10-4-7-16(28)13-26/h1-3,5-6,8-9,12,16,28H,4,7,10-11,13-14H2,(H2,23,29,30)/t16-/m1/s1. The van der Waals surface area contributed by atoms with E-state index in [9.17, 15) is 17.9 Å². The smallest absolute Gasteiger partial charge is 0.238 e. The van der Waals surface area contributed by atoms with E-state index in [-0.39, 0.29) is 16.7 Å². The Morgan fingerprint density at radius 3 is 2.65 bits per heavy atom. The molecule has 31 heavy (non-hydrogen) atoms. The Balaban J connectivity index is 1.70. The predicted molar refractivity (Wildman–Crippen MR) is 112 cm³/mol. The Morgan fingerprint density at radius 2 is 1.97 bits per heavy atom. The number of aliphatic hydroxyl groups is 1. The first-order valence-corrected chi connectivity index (χ1v) is 11.6. The molecule has 1 atom stereocenters. The highest BCUT2D eigenvalue weighted by molar-refractivity contribution is 7.89. The first-order valence-electron chi connectivity index (χ1n) is 10.0. The minimum atomic E-state index is -4.02. The van der Waals surface area contributed by atoms with Gasteiger partial charge in [0, 0.05) is 13.0 Å². The van der Waals surface area contributed by atoms with Gasteiger partial charge in [0.1, 0.15) is 17.3 Å². The van der Waals surface area contributed by atoms with Crippen LogP contribution in [0.2, 0.25) is 0 Å². The monoisotopic (exact) mass is 445 g/mol. The molecular formula is C21H24FN5O3S.